The molecular weight excluding hydrogens is 429 g/mol. The zero-order valence-electron chi connectivity index (χ0n) is 16.4. The molecule has 0 unspecified atom stereocenters. The number of halogens is 2. The third kappa shape index (κ3) is 4.02. The van der Waals surface area contributed by atoms with E-state index in [2.05, 4.69) is 31.0 Å². The highest BCUT2D eigenvalue weighted by molar-refractivity contribution is 6.42. The molecule has 0 saturated carbocycles. The maximum absolute atomic E-state index is 6.37. The molecule has 1 aromatic carbocycles. The molecule has 0 fully saturated rings. The van der Waals surface area contributed by atoms with Crippen molar-refractivity contribution in [3.63, 3.8) is 0 Å². The zero-order valence-corrected chi connectivity index (χ0v) is 17.9. The fraction of sp³-hybridized carbons (Fsp3) is 0.0833. The summed E-state index contributed by atoms with van der Waals surface area (Å²) in [7, 11) is 0. The number of aromatic nitrogens is 5. The first-order valence-corrected chi connectivity index (χ1v) is 10.5. The Bertz CT molecular complexity index is 1360. The van der Waals surface area contributed by atoms with Crippen LogP contribution >= 0.6 is 23.2 Å². The molecule has 5 rings (SSSR count). The van der Waals surface area contributed by atoms with Crippen molar-refractivity contribution in [1.82, 2.24) is 24.9 Å². The number of nitrogens with one attached hydrogen (secondary N) is 1. The Morgan fingerprint density at radius 1 is 0.774 bits per heavy atom. The van der Waals surface area contributed by atoms with Gasteiger partial charge in [-0.2, -0.15) is 0 Å². The lowest BCUT2D eigenvalue weighted by molar-refractivity contribution is 1.04. The number of H-pyrrole nitrogens is 1. The van der Waals surface area contributed by atoms with Gasteiger partial charge >= 0.3 is 0 Å². The second kappa shape index (κ2) is 8.46. The maximum Gasteiger partial charge on any atom is 0.160 e. The van der Waals surface area contributed by atoms with E-state index in [0.717, 1.165) is 45.4 Å². The molecule has 0 aliphatic heterocycles. The maximum atomic E-state index is 6.37. The van der Waals surface area contributed by atoms with Gasteiger partial charge in [-0.25, -0.2) is 15.0 Å². The van der Waals surface area contributed by atoms with Gasteiger partial charge in [0.25, 0.3) is 0 Å². The molecule has 31 heavy (non-hydrogen) atoms. The SMILES string of the molecule is Clc1cccc(Cc2ncccc2-c2ncc(Cc3c[nH]c4ncccc34)cn2)c1Cl. The highest BCUT2D eigenvalue weighted by atomic mass is 35.5. The molecule has 0 aliphatic carbocycles. The topological polar surface area (TPSA) is 67.3 Å². The summed E-state index contributed by atoms with van der Waals surface area (Å²) < 4.78 is 0. The normalized spacial score (nSPS) is 11.2. The minimum absolute atomic E-state index is 0.532. The summed E-state index contributed by atoms with van der Waals surface area (Å²) in [5.41, 5.74) is 5.71. The van der Waals surface area contributed by atoms with E-state index < -0.39 is 0 Å². The largest absolute Gasteiger partial charge is 0.346 e. The van der Waals surface area contributed by atoms with Gasteiger partial charge in [0.2, 0.25) is 0 Å². The van der Waals surface area contributed by atoms with E-state index in [9.17, 15) is 0 Å². The highest BCUT2D eigenvalue weighted by Gasteiger charge is 2.13. The molecule has 0 saturated heterocycles. The molecule has 0 atom stereocenters. The smallest absolute Gasteiger partial charge is 0.160 e. The number of nitrogens with zero attached hydrogens (tertiary/aromatic N) is 4. The standard InChI is InChI=1S/C24H17Cl2N5/c25-20-7-1-4-16(22(20)26)11-21-19(6-3-8-27-21)24-29-12-15(13-30-24)10-17-14-31-23-18(17)5-2-9-28-23/h1-9,12-14H,10-11H2,(H,28,31). The summed E-state index contributed by atoms with van der Waals surface area (Å²) in [5, 5.41) is 2.19. The van der Waals surface area contributed by atoms with Crippen molar-refractivity contribution in [2.45, 2.75) is 12.8 Å². The Kier molecular flexibility index (Phi) is 5.37. The number of aromatic amines is 1. The van der Waals surface area contributed by atoms with Crippen molar-refractivity contribution >= 4 is 34.2 Å². The summed E-state index contributed by atoms with van der Waals surface area (Å²) in [5.74, 6) is 0.630. The average molecular weight is 446 g/mol. The van der Waals surface area contributed by atoms with E-state index >= 15 is 0 Å². The number of fused-ring (bicyclic) bond motifs is 1. The summed E-state index contributed by atoms with van der Waals surface area (Å²) in [6.45, 7) is 0. The van der Waals surface area contributed by atoms with Crippen LogP contribution in [0.2, 0.25) is 10.0 Å². The molecule has 0 aliphatic rings. The third-order valence-electron chi connectivity index (χ3n) is 5.16. The molecule has 4 aromatic heterocycles. The number of rotatable bonds is 5. The van der Waals surface area contributed by atoms with Crippen LogP contribution in [0.4, 0.5) is 0 Å². The number of pyridine rings is 2. The minimum atomic E-state index is 0.532. The van der Waals surface area contributed by atoms with Crippen LogP contribution in [0.15, 0.2) is 73.4 Å². The van der Waals surface area contributed by atoms with Crippen LogP contribution in [0.1, 0.15) is 22.4 Å². The number of hydrogen-bond acceptors (Lipinski definition) is 4. The first-order valence-electron chi connectivity index (χ1n) is 9.78. The monoisotopic (exact) mass is 445 g/mol. The highest BCUT2D eigenvalue weighted by Crippen LogP contribution is 2.29. The predicted octanol–water partition coefficient (Wildman–Crippen LogP) is 5.90. The van der Waals surface area contributed by atoms with Gasteiger partial charge in [0.05, 0.1) is 15.7 Å². The van der Waals surface area contributed by atoms with Crippen molar-refractivity contribution in [3.8, 4) is 11.4 Å². The van der Waals surface area contributed by atoms with Crippen LogP contribution < -0.4 is 0 Å². The van der Waals surface area contributed by atoms with Crippen LogP contribution in [-0.2, 0) is 12.8 Å². The molecule has 0 amide bonds. The first kappa shape index (κ1) is 19.7. The van der Waals surface area contributed by atoms with Crippen LogP contribution in [-0.4, -0.2) is 24.9 Å². The Morgan fingerprint density at radius 3 is 2.45 bits per heavy atom. The van der Waals surface area contributed by atoms with Gasteiger partial charge in [-0.15, -0.1) is 0 Å². The van der Waals surface area contributed by atoms with Gasteiger partial charge in [-0.05, 0) is 47.0 Å². The Hall–Kier alpha value is -3.28. The number of benzene rings is 1. The fourth-order valence-corrected chi connectivity index (χ4v) is 4.00. The molecule has 4 heterocycles. The van der Waals surface area contributed by atoms with Gasteiger partial charge in [0, 0.05) is 54.8 Å². The Balaban J connectivity index is 1.42. The third-order valence-corrected chi connectivity index (χ3v) is 6.02. The summed E-state index contributed by atoms with van der Waals surface area (Å²) >= 11 is 12.5. The molecule has 1 N–H and O–H groups in total. The van der Waals surface area contributed by atoms with Gasteiger partial charge in [-0.1, -0.05) is 35.3 Å². The van der Waals surface area contributed by atoms with E-state index in [1.807, 2.05) is 48.9 Å². The molecule has 0 bridgehead atoms. The van der Waals surface area contributed by atoms with Crippen LogP contribution in [0.5, 0.6) is 0 Å². The lowest BCUT2D eigenvalue weighted by Gasteiger charge is -2.10. The molecule has 0 radical (unpaired) electrons. The summed E-state index contributed by atoms with van der Waals surface area (Å²) in [6.07, 6.45) is 10.5. The molecular formula is C24H17Cl2N5. The molecule has 0 spiro atoms. The van der Waals surface area contributed by atoms with Gasteiger partial charge in [0.15, 0.2) is 5.82 Å². The van der Waals surface area contributed by atoms with E-state index in [4.69, 9.17) is 23.2 Å². The predicted molar refractivity (Wildman–Crippen MR) is 123 cm³/mol. The van der Waals surface area contributed by atoms with E-state index in [0.29, 0.717) is 22.3 Å². The van der Waals surface area contributed by atoms with E-state index in [1.165, 1.54) is 0 Å². The van der Waals surface area contributed by atoms with Crippen LogP contribution in [0.25, 0.3) is 22.4 Å². The van der Waals surface area contributed by atoms with Crippen molar-refractivity contribution < 1.29 is 0 Å². The molecule has 7 heteroatoms. The van der Waals surface area contributed by atoms with Gasteiger partial charge in [-0.3, -0.25) is 4.98 Å². The number of hydrogen-bond donors (Lipinski definition) is 1. The van der Waals surface area contributed by atoms with Crippen LogP contribution in [0, 0.1) is 0 Å². The van der Waals surface area contributed by atoms with Crippen molar-refractivity contribution in [2.24, 2.45) is 0 Å². The Morgan fingerprint density at radius 2 is 1.58 bits per heavy atom. The zero-order chi connectivity index (χ0) is 21.2. The lowest BCUT2D eigenvalue weighted by Crippen LogP contribution is -2.00. The summed E-state index contributed by atoms with van der Waals surface area (Å²) in [4.78, 5) is 21.3. The van der Waals surface area contributed by atoms with Crippen molar-refractivity contribution in [1.29, 1.82) is 0 Å². The quantitative estimate of drug-likeness (QED) is 0.365. The fourth-order valence-electron chi connectivity index (χ4n) is 3.61. The van der Waals surface area contributed by atoms with Gasteiger partial charge in [0.1, 0.15) is 5.65 Å². The van der Waals surface area contributed by atoms with Crippen molar-refractivity contribution in [2.75, 3.05) is 0 Å². The average Bonchev–Trinajstić information content (AvgIpc) is 3.21. The van der Waals surface area contributed by atoms with Gasteiger partial charge < -0.3 is 4.98 Å². The van der Waals surface area contributed by atoms with E-state index in [1.54, 1.807) is 18.5 Å². The molecule has 5 aromatic rings. The Labute approximate surface area is 189 Å². The van der Waals surface area contributed by atoms with E-state index in [-0.39, 0.29) is 0 Å². The van der Waals surface area contributed by atoms with Crippen molar-refractivity contribution in [3.05, 3.63) is 106 Å². The summed E-state index contributed by atoms with van der Waals surface area (Å²) in [6, 6.07) is 13.5. The molecule has 152 valence electrons. The first-order chi connectivity index (χ1) is 15.2. The van der Waals surface area contributed by atoms with Crippen LogP contribution in [0.3, 0.4) is 0 Å². The second-order valence-electron chi connectivity index (χ2n) is 7.19. The lowest BCUT2D eigenvalue weighted by atomic mass is 10.0. The minimum Gasteiger partial charge on any atom is -0.346 e. The molecule has 5 nitrogen and oxygen atoms in total. The second-order valence-corrected chi connectivity index (χ2v) is 7.98.